The van der Waals surface area contributed by atoms with Gasteiger partial charge in [0.25, 0.3) is 0 Å². The first kappa shape index (κ1) is 40.1. The van der Waals surface area contributed by atoms with Crippen molar-refractivity contribution < 1.29 is 0 Å². The summed E-state index contributed by atoms with van der Waals surface area (Å²) in [7, 11) is 0. The highest BCUT2D eigenvalue weighted by molar-refractivity contribution is 6.11. The Morgan fingerprint density at radius 2 is 0.788 bits per heavy atom. The Labute approximate surface area is 389 Å². The summed E-state index contributed by atoms with van der Waals surface area (Å²) in [6.07, 6.45) is 0. The van der Waals surface area contributed by atoms with Gasteiger partial charge in [-0.25, -0.2) is 0 Å². The van der Waals surface area contributed by atoms with Crippen molar-refractivity contribution in [3.8, 4) is 22.3 Å². The van der Waals surface area contributed by atoms with Crippen LogP contribution in [0.15, 0.2) is 182 Å². The van der Waals surface area contributed by atoms with E-state index in [1.165, 1.54) is 122 Å². The van der Waals surface area contributed by atoms with Gasteiger partial charge in [0.2, 0.25) is 0 Å². The fourth-order valence-electron chi connectivity index (χ4n) is 11.5. The highest BCUT2D eigenvalue weighted by Gasteiger charge is 2.43. The molecule has 66 heavy (non-hydrogen) atoms. The van der Waals surface area contributed by atoms with Crippen molar-refractivity contribution in [2.75, 3.05) is 9.80 Å². The number of hydrogen-bond acceptors (Lipinski definition) is 2. The standard InChI is InChI=1S/C64H54N2/c1-39-21-23-41(3)59(31-39)65(47-27-25-43-15-9-11-17-45(43)33-47)49-29-30-50-53-36-57-54(37-56(53)63(5,6)55(50)35-49)62-52-20-14-13-19-51(52)61(38-58(62)64(57,7)8)66(60-32-40(2)22-24-42(60)4)48-28-26-44-16-10-12-18-46(44)34-48/h9-38H,1-8H3. The monoisotopic (exact) mass is 850 g/mol. The zero-order valence-corrected chi connectivity index (χ0v) is 39.2. The Morgan fingerprint density at radius 3 is 1.42 bits per heavy atom. The van der Waals surface area contributed by atoms with Gasteiger partial charge in [0, 0.05) is 44.7 Å². The first-order valence-corrected chi connectivity index (χ1v) is 23.5. The molecule has 2 nitrogen and oxygen atoms in total. The van der Waals surface area contributed by atoms with E-state index < -0.39 is 0 Å². The molecule has 2 aliphatic rings. The highest BCUT2D eigenvalue weighted by Crippen LogP contribution is 2.59. The predicted octanol–water partition coefficient (Wildman–Crippen LogP) is 17.9. The molecule has 0 unspecified atom stereocenters. The molecular weight excluding hydrogens is 797 g/mol. The van der Waals surface area contributed by atoms with Crippen molar-refractivity contribution in [3.05, 3.63) is 226 Å². The summed E-state index contributed by atoms with van der Waals surface area (Å²) >= 11 is 0. The molecule has 2 heteroatoms. The van der Waals surface area contributed by atoms with Crippen LogP contribution in [0.1, 0.15) is 72.2 Å². The molecule has 0 aromatic heterocycles. The topological polar surface area (TPSA) is 6.48 Å². The minimum Gasteiger partial charge on any atom is -0.310 e. The van der Waals surface area contributed by atoms with Gasteiger partial charge in [-0.2, -0.15) is 0 Å². The SMILES string of the molecule is Cc1ccc(C)c(N(c2ccc3c(c2)C(C)(C)c2cc4c(cc2-3)C(C)(C)c2cc(N(c3ccc5ccccc5c3)c3cc(C)ccc3C)c3ccccc3c2-4)c2ccc3ccccc3c2)c1. The molecule has 0 spiro atoms. The molecule has 0 saturated heterocycles. The Hall–Kier alpha value is -7.42. The summed E-state index contributed by atoms with van der Waals surface area (Å²) in [6.45, 7) is 18.6. The minimum absolute atomic E-state index is 0.232. The normalized spacial score (nSPS) is 14.0. The maximum Gasteiger partial charge on any atom is 0.0543 e. The lowest BCUT2D eigenvalue weighted by Gasteiger charge is -2.31. The Balaban J connectivity index is 1.03. The Kier molecular flexibility index (Phi) is 8.84. The van der Waals surface area contributed by atoms with Crippen molar-refractivity contribution in [2.24, 2.45) is 0 Å². The molecule has 0 fully saturated rings. The van der Waals surface area contributed by atoms with Crippen molar-refractivity contribution in [1.29, 1.82) is 0 Å². The average Bonchev–Trinajstić information content (AvgIpc) is 3.69. The van der Waals surface area contributed by atoms with Gasteiger partial charge in [-0.05, 0) is 188 Å². The van der Waals surface area contributed by atoms with Gasteiger partial charge in [-0.1, -0.05) is 143 Å². The maximum absolute atomic E-state index is 2.57. The average molecular weight is 851 g/mol. The van der Waals surface area contributed by atoms with Gasteiger partial charge in [-0.15, -0.1) is 0 Å². The van der Waals surface area contributed by atoms with Gasteiger partial charge < -0.3 is 9.80 Å². The smallest absolute Gasteiger partial charge is 0.0543 e. The molecule has 0 N–H and O–H groups in total. The first-order valence-electron chi connectivity index (χ1n) is 23.5. The molecule has 2 aliphatic carbocycles. The van der Waals surface area contributed by atoms with E-state index in [0.717, 1.165) is 11.4 Å². The molecule has 0 radical (unpaired) electrons. The van der Waals surface area contributed by atoms with Crippen molar-refractivity contribution >= 4 is 66.4 Å². The van der Waals surface area contributed by atoms with E-state index in [9.17, 15) is 0 Å². The van der Waals surface area contributed by atoms with Crippen LogP contribution in [-0.4, -0.2) is 0 Å². The van der Waals surface area contributed by atoms with Crippen LogP contribution in [0.3, 0.4) is 0 Å². The Bertz CT molecular complexity index is 3660. The molecule has 320 valence electrons. The number of fused-ring (bicyclic) bond motifs is 10. The third kappa shape index (κ3) is 6.01. The quantitative estimate of drug-likeness (QED) is 0.164. The zero-order chi connectivity index (χ0) is 45.2. The van der Waals surface area contributed by atoms with Crippen LogP contribution in [0, 0.1) is 27.7 Å². The van der Waals surface area contributed by atoms with Crippen molar-refractivity contribution in [3.63, 3.8) is 0 Å². The number of aryl methyl sites for hydroxylation is 4. The predicted molar refractivity (Wildman–Crippen MR) is 282 cm³/mol. The highest BCUT2D eigenvalue weighted by atomic mass is 15.2. The zero-order valence-electron chi connectivity index (χ0n) is 39.2. The van der Waals surface area contributed by atoms with Crippen molar-refractivity contribution in [1.82, 2.24) is 0 Å². The summed E-state index contributed by atoms with van der Waals surface area (Å²) in [4.78, 5) is 4.99. The van der Waals surface area contributed by atoms with Crippen LogP contribution in [0.4, 0.5) is 34.1 Å². The summed E-state index contributed by atoms with van der Waals surface area (Å²) in [6, 6.07) is 68.8. The van der Waals surface area contributed by atoms with Gasteiger partial charge in [0.15, 0.2) is 0 Å². The fourth-order valence-corrected chi connectivity index (χ4v) is 11.5. The van der Waals surface area contributed by atoms with E-state index in [1.807, 2.05) is 0 Å². The van der Waals surface area contributed by atoms with Gasteiger partial charge in [0.05, 0.1) is 5.69 Å². The maximum atomic E-state index is 2.57. The van der Waals surface area contributed by atoms with E-state index in [0.29, 0.717) is 0 Å². The molecule has 0 aliphatic heterocycles. The van der Waals surface area contributed by atoms with E-state index in [4.69, 9.17) is 0 Å². The lowest BCUT2D eigenvalue weighted by molar-refractivity contribution is 0.652. The molecule has 10 aromatic rings. The molecule has 0 atom stereocenters. The van der Waals surface area contributed by atoms with E-state index in [2.05, 4.69) is 247 Å². The number of benzene rings is 10. The number of rotatable bonds is 6. The fraction of sp³-hybridized carbons (Fsp3) is 0.156. The third-order valence-electron chi connectivity index (χ3n) is 15.1. The van der Waals surface area contributed by atoms with Gasteiger partial charge in [-0.3, -0.25) is 0 Å². The first-order chi connectivity index (χ1) is 31.9. The largest absolute Gasteiger partial charge is 0.310 e. The third-order valence-corrected chi connectivity index (χ3v) is 15.1. The van der Waals surface area contributed by atoms with Crippen LogP contribution >= 0.6 is 0 Å². The molecule has 12 rings (SSSR count). The number of hydrogen-bond donors (Lipinski definition) is 0. The van der Waals surface area contributed by atoms with E-state index >= 15 is 0 Å². The lowest BCUT2D eigenvalue weighted by Crippen LogP contribution is -2.18. The van der Waals surface area contributed by atoms with E-state index in [1.54, 1.807) is 0 Å². The Morgan fingerprint density at radius 1 is 0.318 bits per heavy atom. The molecule has 0 bridgehead atoms. The van der Waals surface area contributed by atoms with Crippen molar-refractivity contribution in [2.45, 2.75) is 66.2 Å². The second kappa shape index (κ2) is 14.5. The number of anilines is 6. The van der Waals surface area contributed by atoms with Crippen LogP contribution in [0.2, 0.25) is 0 Å². The second-order valence-corrected chi connectivity index (χ2v) is 20.1. The van der Waals surface area contributed by atoms with Crippen LogP contribution in [0.25, 0.3) is 54.6 Å². The van der Waals surface area contributed by atoms with Crippen LogP contribution in [0.5, 0.6) is 0 Å². The lowest BCUT2D eigenvalue weighted by atomic mass is 9.79. The molecule has 0 saturated carbocycles. The van der Waals surface area contributed by atoms with Gasteiger partial charge >= 0.3 is 0 Å². The summed E-state index contributed by atoms with van der Waals surface area (Å²) < 4.78 is 0. The number of nitrogens with zero attached hydrogens (tertiary/aromatic N) is 2. The molecule has 0 amide bonds. The minimum atomic E-state index is -0.252. The molecule has 0 heterocycles. The summed E-state index contributed by atoms with van der Waals surface area (Å²) in [5.41, 5.74) is 22.6. The van der Waals surface area contributed by atoms with Gasteiger partial charge in [0.1, 0.15) is 0 Å². The molecular formula is C64H54N2. The summed E-state index contributed by atoms with van der Waals surface area (Å²) in [5.74, 6) is 0. The van der Waals surface area contributed by atoms with Crippen LogP contribution < -0.4 is 9.80 Å². The molecule has 10 aromatic carbocycles. The van der Waals surface area contributed by atoms with Crippen LogP contribution in [-0.2, 0) is 10.8 Å². The second-order valence-electron chi connectivity index (χ2n) is 20.1. The summed E-state index contributed by atoms with van der Waals surface area (Å²) in [5, 5.41) is 7.51. The van der Waals surface area contributed by atoms with E-state index in [-0.39, 0.29) is 10.8 Å².